The first-order valence-electron chi connectivity index (χ1n) is 7.55. The van der Waals surface area contributed by atoms with E-state index in [1.165, 1.54) is 11.3 Å². The first-order valence-corrected chi connectivity index (χ1v) is 8.63. The molecular formula is C17H22INO3. The van der Waals surface area contributed by atoms with Crippen molar-refractivity contribution >= 4 is 22.6 Å². The molecule has 22 heavy (non-hydrogen) atoms. The maximum Gasteiger partial charge on any atom is 0.174 e. The van der Waals surface area contributed by atoms with Crippen molar-refractivity contribution in [2.45, 2.75) is 30.8 Å². The van der Waals surface area contributed by atoms with Gasteiger partial charge in [0.15, 0.2) is 11.5 Å². The Labute approximate surface area is 145 Å². The van der Waals surface area contributed by atoms with Crippen LogP contribution in [0.3, 0.4) is 0 Å². The molecule has 1 aromatic carbocycles. The molecule has 1 saturated heterocycles. The van der Waals surface area contributed by atoms with Crippen molar-refractivity contribution in [1.82, 2.24) is 4.90 Å². The second-order valence-corrected chi connectivity index (χ2v) is 7.27. The normalized spacial score (nSPS) is 27.4. The average molecular weight is 415 g/mol. The van der Waals surface area contributed by atoms with Crippen LogP contribution < -0.4 is 9.47 Å². The highest BCUT2D eigenvalue weighted by Crippen LogP contribution is 2.50. The van der Waals surface area contributed by atoms with E-state index in [0.717, 1.165) is 40.9 Å². The quantitative estimate of drug-likeness (QED) is 0.772. The Hall–Kier alpha value is -0.950. The number of fused-ring (bicyclic) bond motifs is 1. The second kappa shape index (κ2) is 5.92. The lowest BCUT2D eigenvalue weighted by Gasteiger charge is -2.37. The molecule has 2 atom stereocenters. The summed E-state index contributed by atoms with van der Waals surface area (Å²) in [7, 11) is 5.46. The molecule has 0 spiro atoms. The molecule has 120 valence electrons. The van der Waals surface area contributed by atoms with Crippen molar-refractivity contribution in [3.8, 4) is 11.5 Å². The van der Waals surface area contributed by atoms with Gasteiger partial charge in [0.2, 0.25) is 0 Å². The van der Waals surface area contributed by atoms with Crippen LogP contribution in [0.15, 0.2) is 23.9 Å². The van der Waals surface area contributed by atoms with E-state index in [1.54, 1.807) is 14.2 Å². The van der Waals surface area contributed by atoms with Gasteiger partial charge in [0.05, 0.1) is 23.9 Å². The zero-order valence-electron chi connectivity index (χ0n) is 13.2. The van der Waals surface area contributed by atoms with Gasteiger partial charge >= 0.3 is 0 Å². The summed E-state index contributed by atoms with van der Waals surface area (Å²) in [5.74, 6) is 1.56. The van der Waals surface area contributed by atoms with Crippen molar-refractivity contribution in [2.24, 2.45) is 0 Å². The monoisotopic (exact) mass is 415 g/mol. The molecule has 0 saturated carbocycles. The Morgan fingerprint density at radius 2 is 2.05 bits per heavy atom. The number of hydrogen-bond donors (Lipinski definition) is 1. The third-order valence-electron chi connectivity index (χ3n) is 4.98. The molecule has 1 N–H and O–H groups in total. The van der Waals surface area contributed by atoms with E-state index in [4.69, 9.17) is 9.47 Å². The molecular weight excluding hydrogens is 393 g/mol. The van der Waals surface area contributed by atoms with E-state index in [9.17, 15) is 5.11 Å². The molecule has 0 radical (unpaired) electrons. The number of halogens is 1. The Kier molecular flexibility index (Phi) is 4.29. The summed E-state index contributed by atoms with van der Waals surface area (Å²) in [6.45, 7) is 1.02. The first-order chi connectivity index (χ1) is 10.5. The molecule has 4 nitrogen and oxygen atoms in total. The standard InChI is InChI=1S/C17H22INO3/c1-19-7-6-17(5-4-12(20)10-15(17)19)11-8-13(18)16(22-3)14(9-11)21-2/h8-10,12,20H,4-7H2,1-3H3/t12-,17-/m0/s1. The third kappa shape index (κ3) is 2.38. The number of aliphatic hydroxyl groups excluding tert-OH is 1. The molecule has 0 aromatic heterocycles. The van der Waals surface area contributed by atoms with E-state index < -0.39 is 0 Å². The summed E-state index contributed by atoms with van der Waals surface area (Å²) >= 11 is 2.30. The summed E-state index contributed by atoms with van der Waals surface area (Å²) in [5, 5.41) is 10.0. The number of hydrogen-bond acceptors (Lipinski definition) is 4. The van der Waals surface area contributed by atoms with Crippen LogP contribution in [0.1, 0.15) is 24.8 Å². The van der Waals surface area contributed by atoms with Crippen molar-refractivity contribution in [1.29, 1.82) is 0 Å². The van der Waals surface area contributed by atoms with E-state index in [1.807, 2.05) is 6.08 Å². The number of nitrogens with zero attached hydrogens (tertiary/aromatic N) is 1. The fourth-order valence-corrected chi connectivity index (χ4v) is 4.62. The van der Waals surface area contributed by atoms with Gasteiger partial charge in [-0.15, -0.1) is 0 Å². The predicted molar refractivity (Wildman–Crippen MR) is 94.5 cm³/mol. The molecule has 1 aliphatic carbocycles. The molecule has 0 bridgehead atoms. The number of likely N-dealkylation sites (N-methyl/N-ethyl adjacent to an activating group) is 1. The number of methoxy groups -OCH3 is 2. The fraction of sp³-hybridized carbons (Fsp3) is 0.529. The molecule has 1 aliphatic heterocycles. The molecule has 1 heterocycles. The maximum atomic E-state index is 10.0. The lowest BCUT2D eigenvalue weighted by molar-refractivity contribution is 0.181. The molecule has 5 heteroatoms. The highest BCUT2D eigenvalue weighted by Gasteiger charge is 2.45. The van der Waals surface area contributed by atoms with Gasteiger partial charge in [-0.25, -0.2) is 0 Å². The minimum absolute atomic E-state index is 0.00650. The van der Waals surface area contributed by atoms with Gasteiger partial charge in [-0.1, -0.05) is 0 Å². The van der Waals surface area contributed by atoms with Gasteiger partial charge in [0.25, 0.3) is 0 Å². The molecule has 2 aliphatic rings. The zero-order chi connectivity index (χ0) is 15.9. The van der Waals surface area contributed by atoms with Gasteiger partial charge in [-0.05, 0) is 65.6 Å². The Bertz CT molecular complexity index is 616. The van der Waals surface area contributed by atoms with Gasteiger partial charge < -0.3 is 19.5 Å². The number of allylic oxidation sites excluding steroid dienone is 1. The summed E-state index contributed by atoms with van der Waals surface area (Å²) in [6, 6.07) is 4.30. The fourth-order valence-electron chi connectivity index (χ4n) is 3.80. The Morgan fingerprint density at radius 3 is 2.73 bits per heavy atom. The van der Waals surface area contributed by atoms with Crippen molar-refractivity contribution in [3.63, 3.8) is 0 Å². The van der Waals surface area contributed by atoms with E-state index in [2.05, 4.69) is 46.7 Å². The van der Waals surface area contributed by atoms with E-state index >= 15 is 0 Å². The lowest BCUT2D eigenvalue weighted by Crippen LogP contribution is -2.33. The molecule has 3 rings (SSSR count). The zero-order valence-corrected chi connectivity index (χ0v) is 15.4. The van der Waals surface area contributed by atoms with E-state index in [0.29, 0.717) is 0 Å². The van der Waals surface area contributed by atoms with Crippen molar-refractivity contribution in [3.05, 3.63) is 33.0 Å². The number of likely N-dealkylation sites (tertiary alicyclic amines) is 1. The minimum Gasteiger partial charge on any atom is -0.493 e. The molecule has 0 unspecified atom stereocenters. The number of aliphatic hydroxyl groups is 1. The summed E-state index contributed by atoms with van der Waals surface area (Å²) in [6.07, 6.45) is 4.55. The number of rotatable bonds is 3. The van der Waals surface area contributed by atoms with Gasteiger partial charge in [0.1, 0.15) is 0 Å². The van der Waals surface area contributed by atoms with Gasteiger partial charge in [-0.3, -0.25) is 0 Å². The second-order valence-electron chi connectivity index (χ2n) is 6.11. The third-order valence-corrected chi connectivity index (χ3v) is 5.78. The Balaban J connectivity index is 2.14. The van der Waals surface area contributed by atoms with Gasteiger partial charge in [-0.2, -0.15) is 0 Å². The number of ether oxygens (including phenoxy) is 2. The SMILES string of the molecule is COc1cc([C@@]23CC[C@H](O)C=C2N(C)CC3)cc(I)c1OC. The van der Waals surface area contributed by atoms with Crippen LogP contribution in [0.5, 0.6) is 11.5 Å². The summed E-state index contributed by atoms with van der Waals surface area (Å²) in [4.78, 5) is 2.27. The maximum absolute atomic E-state index is 10.0. The van der Waals surface area contributed by atoms with Crippen LogP contribution in [-0.4, -0.2) is 43.9 Å². The molecule has 1 fully saturated rings. The average Bonchev–Trinajstić information content (AvgIpc) is 2.84. The topological polar surface area (TPSA) is 41.9 Å². The van der Waals surface area contributed by atoms with Crippen LogP contribution in [-0.2, 0) is 5.41 Å². The van der Waals surface area contributed by atoms with Crippen LogP contribution in [0.4, 0.5) is 0 Å². The van der Waals surface area contributed by atoms with E-state index in [-0.39, 0.29) is 11.5 Å². The van der Waals surface area contributed by atoms with Crippen LogP contribution in [0.25, 0.3) is 0 Å². The van der Waals surface area contributed by atoms with Crippen molar-refractivity contribution in [2.75, 3.05) is 27.8 Å². The molecule has 0 amide bonds. The Morgan fingerprint density at radius 1 is 1.27 bits per heavy atom. The molecule has 1 aromatic rings. The summed E-state index contributed by atoms with van der Waals surface area (Å²) in [5.41, 5.74) is 2.50. The summed E-state index contributed by atoms with van der Waals surface area (Å²) < 4.78 is 12.0. The smallest absolute Gasteiger partial charge is 0.174 e. The highest BCUT2D eigenvalue weighted by atomic mass is 127. The first kappa shape index (κ1) is 15.9. The highest BCUT2D eigenvalue weighted by molar-refractivity contribution is 14.1. The predicted octanol–water partition coefficient (Wildman–Crippen LogP) is 2.92. The minimum atomic E-state index is -0.331. The van der Waals surface area contributed by atoms with Gasteiger partial charge in [0, 0.05) is 24.7 Å². The largest absolute Gasteiger partial charge is 0.493 e. The lowest BCUT2D eigenvalue weighted by atomic mass is 9.70. The number of benzene rings is 1. The van der Waals surface area contributed by atoms with Crippen LogP contribution >= 0.6 is 22.6 Å². The van der Waals surface area contributed by atoms with Crippen LogP contribution in [0.2, 0.25) is 0 Å². The van der Waals surface area contributed by atoms with Crippen LogP contribution in [0, 0.1) is 3.57 Å². The van der Waals surface area contributed by atoms with Crippen molar-refractivity contribution < 1.29 is 14.6 Å².